The van der Waals surface area contributed by atoms with E-state index in [1.165, 1.54) is 4.90 Å². The average molecular weight is 323 g/mol. The van der Waals surface area contributed by atoms with E-state index in [4.69, 9.17) is 0 Å². The fourth-order valence-electron chi connectivity index (χ4n) is 2.49. The minimum Gasteiger partial charge on any atom is -0.339 e. The van der Waals surface area contributed by atoms with Crippen LogP contribution in [0, 0.1) is 0 Å². The third-order valence-corrected chi connectivity index (χ3v) is 3.81. The Bertz CT molecular complexity index is 785. The molecule has 0 aliphatic rings. The van der Waals surface area contributed by atoms with E-state index in [-0.39, 0.29) is 0 Å². The van der Waals surface area contributed by atoms with E-state index in [2.05, 4.69) is 5.10 Å². The van der Waals surface area contributed by atoms with Gasteiger partial charge in [0.15, 0.2) is 0 Å². The molecule has 122 valence electrons. The molecule has 1 aromatic heterocycles. The lowest BCUT2D eigenvalue weighted by Crippen LogP contribution is -2.29. The van der Waals surface area contributed by atoms with Crippen molar-refractivity contribution in [3.8, 4) is 5.69 Å². The lowest BCUT2D eigenvalue weighted by molar-refractivity contribution is -0.136. The number of carbonyl (C=O) groups excluding carboxylic acids is 1. The Balaban J connectivity index is 1.66. The second kappa shape index (κ2) is 7.08. The van der Waals surface area contributed by atoms with Gasteiger partial charge in [0.1, 0.15) is 0 Å². The molecule has 1 amide bonds. The SMILES string of the molecule is CN(Cc1ccc(-n2cccn2)cc1)C(=O)[C@H](F)c1ccccc1. The number of benzene rings is 2. The predicted octanol–water partition coefficient (Wildman–Crippen LogP) is 3.54. The normalized spacial score (nSPS) is 11.9. The summed E-state index contributed by atoms with van der Waals surface area (Å²) < 4.78 is 16.1. The number of nitrogens with zero attached hydrogens (tertiary/aromatic N) is 3. The van der Waals surface area contributed by atoms with Crippen LogP contribution in [0.2, 0.25) is 0 Å². The van der Waals surface area contributed by atoms with E-state index in [1.807, 2.05) is 36.5 Å². The summed E-state index contributed by atoms with van der Waals surface area (Å²) in [5.74, 6) is -0.544. The van der Waals surface area contributed by atoms with Crippen molar-refractivity contribution in [1.29, 1.82) is 0 Å². The highest BCUT2D eigenvalue weighted by molar-refractivity contribution is 5.81. The first-order chi connectivity index (χ1) is 11.6. The zero-order valence-electron chi connectivity index (χ0n) is 13.3. The lowest BCUT2D eigenvalue weighted by Gasteiger charge is -2.20. The first-order valence-electron chi connectivity index (χ1n) is 7.68. The molecule has 2 aromatic carbocycles. The van der Waals surface area contributed by atoms with Gasteiger partial charge in [0.25, 0.3) is 5.91 Å². The Morgan fingerprint density at radius 1 is 1.12 bits per heavy atom. The topological polar surface area (TPSA) is 38.1 Å². The number of hydrogen-bond acceptors (Lipinski definition) is 2. The summed E-state index contributed by atoms with van der Waals surface area (Å²) in [5.41, 5.74) is 2.25. The fourth-order valence-corrected chi connectivity index (χ4v) is 2.49. The molecule has 24 heavy (non-hydrogen) atoms. The Kier molecular flexibility index (Phi) is 4.70. The van der Waals surface area contributed by atoms with E-state index in [9.17, 15) is 9.18 Å². The lowest BCUT2D eigenvalue weighted by atomic mass is 10.1. The molecule has 0 bridgehead atoms. The predicted molar refractivity (Wildman–Crippen MR) is 90.3 cm³/mol. The standard InChI is InChI=1S/C19H18FN3O/c1-22(19(24)18(20)16-6-3-2-4-7-16)14-15-8-10-17(11-9-15)23-13-5-12-21-23/h2-13,18H,14H2,1H3/t18-/m1/s1. The summed E-state index contributed by atoms with van der Waals surface area (Å²) in [4.78, 5) is 13.6. The van der Waals surface area contributed by atoms with Gasteiger partial charge < -0.3 is 4.90 Å². The molecule has 1 heterocycles. The molecule has 0 aliphatic heterocycles. The number of likely N-dealkylation sites (N-methyl/N-ethyl adjacent to an activating group) is 1. The van der Waals surface area contributed by atoms with Gasteiger partial charge in [-0.25, -0.2) is 9.07 Å². The molecular weight excluding hydrogens is 305 g/mol. The molecule has 0 saturated carbocycles. The van der Waals surface area contributed by atoms with E-state index >= 15 is 0 Å². The third kappa shape index (κ3) is 3.51. The maximum absolute atomic E-state index is 14.3. The minimum atomic E-state index is -1.64. The molecule has 1 atom stereocenters. The summed E-state index contributed by atoms with van der Waals surface area (Å²) in [7, 11) is 1.61. The smallest absolute Gasteiger partial charge is 0.261 e. The zero-order chi connectivity index (χ0) is 16.9. The number of alkyl halides is 1. The van der Waals surface area contributed by atoms with Gasteiger partial charge >= 0.3 is 0 Å². The van der Waals surface area contributed by atoms with Gasteiger partial charge in [0.05, 0.1) is 5.69 Å². The van der Waals surface area contributed by atoms with Gasteiger partial charge in [-0.3, -0.25) is 4.79 Å². The van der Waals surface area contributed by atoms with Crippen molar-refractivity contribution in [2.45, 2.75) is 12.7 Å². The number of aromatic nitrogens is 2. The van der Waals surface area contributed by atoms with E-state index in [0.29, 0.717) is 12.1 Å². The second-order valence-electron chi connectivity index (χ2n) is 5.58. The maximum Gasteiger partial charge on any atom is 0.261 e. The number of hydrogen-bond donors (Lipinski definition) is 0. The number of halogens is 1. The Morgan fingerprint density at radius 3 is 2.46 bits per heavy atom. The summed E-state index contributed by atoms with van der Waals surface area (Å²) in [6.07, 6.45) is 1.93. The van der Waals surface area contributed by atoms with Crippen LogP contribution in [0.15, 0.2) is 73.1 Å². The maximum atomic E-state index is 14.3. The highest BCUT2D eigenvalue weighted by atomic mass is 19.1. The Morgan fingerprint density at radius 2 is 1.83 bits per heavy atom. The molecule has 0 saturated heterocycles. The number of carbonyl (C=O) groups is 1. The van der Waals surface area contributed by atoms with Gasteiger partial charge in [-0.15, -0.1) is 0 Å². The van der Waals surface area contributed by atoms with Crippen LogP contribution in [0.3, 0.4) is 0 Å². The monoisotopic (exact) mass is 323 g/mol. The quantitative estimate of drug-likeness (QED) is 0.720. The first kappa shape index (κ1) is 15.9. The van der Waals surface area contributed by atoms with Gasteiger partial charge in [-0.1, -0.05) is 42.5 Å². The van der Waals surface area contributed by atoms with Crippen LogP contribution in [0.4, 0.5) is 4.39 Å². The number of rotatable bonds is 5. The van der Waals surface area contributed by atoms with Crippen molar-refractivity contribution in [2.24, 2.45) is 0 Å². The number of amides is 1. The highest BCUT2D eigenvalue weighted by Gasteiger charge is 2.23. The van der Waals surface area contributed by atoms with E-state index in [1.54, 1.807) is 48.3 Å². The Labute approximate surface area is 140 Å². The van der Waals surface area contributed by atoms with Crippen LogP contribution in [0.1, 0.15) is 17.3 Å². The molecule has 0 N–H and O–H groups in total. The van der Waals surface area contributed by atoms with Crippen molar-refractivity contribution in [2.75, 3.05) is 7.05 Å². The zero-order valence-corrected chi connectivity index (χ0v) is 13.3. The van der Waals surface area contributed by atoms with Crippen LogP contribution < -0.4 is 0 Å². The molecule has 0 spiro atoms. The second-order valence-corrected chi connectivity index (χ2v) is 5.58. The molecule has 4 nitrogen and oxygen atoms in total. The van der Waals surface area contributed by atoms with Gasteiger partial charge in [-0.2, -0.15) is 5.10 Å². The van der Waals surface area contributed by atoms with Crippen molar-refractivity contribution in [3.63, 3.8) is 0 Å². The summed E-state index contributed by atoms with van der Waals surface area (Å²) >= 11 is 0. The van der Waals surface area contributed by atoms with Crippen LogP contribution in [0.5, 0.6) is 0 Å². The molecule has 3 aromatic rings. The summed E-state index contributed by atoms with van der Waals surface area (Å²) in [6.45, 7) is 0.353. The van der Waals surface area contributed by atoms with Crippen LogP contribution >= 0.6 is 0 Å². The van der Waals surface area contributed by atoms with Crippen molar-refractivity contribution < 1.29 is 9.18 Å². The summed E-state index contributed by atoms with van der Waals surface area (Å²) in [6, 6.07) is 18.0. The molecule has 5 heteroatoms. The van der Waals surface area contributed by atoms with Gasteiger partial charge in [0.2, 0.25) is 6.17 Å². The fraction of sp³-hybridized carbons (Fsp3) is 0.158. The molecule has 3 rings (SSSR count). The van der Waals surface area contributed by atoms with Crippen LogP contribution in [-0.2, 0) is 11.3 Å². The molecule has 0 fully saturated rings. The largest absolute Gasteiger partial charge is 0.339 e. The molecule has 0 aliphatic carbocycles. The highest BCUT2D eigenvalue weighted by Crippen LogP contribution is 2.20. The molecular formula is C19H18FN3O. The van der Waals surface area contributed by atoms with Crippen LogP contribution in [-0.4, -0.2) is 27.6 Å². The molecule has 0 unspecified atom stereocenters. The molecule has 0 radical (unpaired) electrons. The van der Waals surface area contributed by atoms with Gasteiger partial charge in [-0.05, 0) is 29.3 Å². The van der Waals surface area contributed by atoms with E-state index in [0.717, 1.165) is 11.3 Å². The summed E-state index contributed by atoms with van der Waals surface area (Å²) in [5, 5.41) is 4.16. The van der Waals surface area contributed by atoms with E-state index < -0.39 is 12.1 Å². The van der Waals surface area contributed by atoms with Gasteiger partial charge in [0, 0.05) is 26.0 Å². The van der Waals surface area contributed by atoms with Crippen molar-refractivity contribution in [1.82, 2.24) is 14.7 Å². The first-order valence-corrected chi connectivity index (χ1v) is 7.68. The third-order valence-electron chi connectivity index (χ3n) is 3.81. The average Bonchev–Trinajstić information content (AvgIpc) is 3.16. The van der Waals surface area contributed by atoms with Crippen molar-refractivity contribution in [3.05, 3.63) is 84.2 Å². The van der Waals surface area contributed by atoms with Crippen LogP contribution in [0.25, 0.3) is 5.69 Å². The Hall–Kier alpha value is -2.95. The minimum absolute atomic E-state index is 0.353. The van der Waals surface area contributed by atoms with Crippen molar-refractivity contribution >= 4 is 5.91 Å².